The van der Waals surface area contributed by atoms with Gasteiger partial charge in [-0.05, 0) is 37.8 Å². The first-order chi connectivity index (χ1) is 9.74. The van der Waals surface area contributed by atoms with Crippen LogP contribution in [0, 0.1) is 5.82 Å². The average Bonchev–Trinajstić information content (AvgIpc) is 2.85. The number of nitrogens with zero attached hydrogens (tertiary/aromatic N) is 2. The van der Waals surface area contributed by atoms with E-state index in [0.717, 1.165) is 37.1 Å². The molecular formula is C15H16FN3O. The molecule has 104 valence electrons. The minimum atomic E-state index is -0.423. The lowest BCUT2D eigenvalue weighted by Gasteiger charge is -2.14. The standard InChI is InChI=1S/C15H16FN3O/c16-11-5-1-2-6-12(11)18-15(20)9-19-10-17-13-7-3-4-8-14(13)19/h1-2,5-6,10H,3-4,7-9H2,(H,18,20). The topological polar surface area (TPSA) is 46.9 Å². The van der Waals surface area contributed by atoms with Gasteiger partial charge in [0.1, 0.15) is 12.4 Å². The number of anilines is 1. The van der Waals surface area contributed by atoms with Gasteiger partial charge in [0.25, 0.3) is 0 Å². The van der Waals surface area contributed by atoms with Crippen molar-refractivity contribution >= 4 is 11.6 Å². The fraction of sp³-hybridized carbons (Fsp3) is 0.333. The van der Waals surface area contributed by atoms with Crippen LogP contribution < -0.4 is 5.32 Å². The van der Waals surface area contributed by atoms with Gasteiger partial charge >= 0.3 is 0 Å². The summed E-state index contributed by atoms with van der Waals surface area (Å²) in [6.07, 6.45) is 5.94. The van der Waals surface area contributed by atoms with Gasteiger partial charge in [-0.25, -0.2) is 9.37 Å². The van der Waals surface area contributed by atoms with Crippen molar-refractivity contribution < 1.29 is 9.18 Å². The van der Waals surface area contributed by atoms with Gasteiger partial charge in [-0.2, -0.15) is 0 Å². The monoisotopic (exact) mass is 273 g/mol. The molecule has 0 saturated carbocycles. The minimum Gasteiger partial charge on any atom is -0.325 e. The van der Waals surface area contributed by atoms with Crippen LogP contribution in [-0.4, -0.2) is 15.5 Å². The lowest BCUT2D eigenvalue weighted by Crippen LogP contribution is -2.21. The number of carbonyl (C=O) groups excluding carboxylic acids is 1. The zero-order valence-electron chi connectivity index (χ0n) is 11.1. The highest BCUT2D eigenvalue weighted by Gasteiger charge is 2.16. The molecule has 5 heteroatoms. The van der Waals surface area contributed by atoms with Crippen LogP contribution in [0.15, 0.2) is 30.6 Å². The molecule has 0 unspecified atom stereocenters. The van der Waals surface area contributed by atoms with Gasteiger partial charge in [0.15, 0.2) is 0 Å². The van der Waals surface area contributed by atoms with Crippen LogP contribution in [0.5, 0.6) is 0 Å². The molecule has 0 aliphatic heterocycles. The van der Waals surface area contributed by atoms with E-state index in [2.05, 4.69) is 10.3 Å². The highest BCUT2D eigenvalue weighted by Crippen LogP contribution is 2.20. The second kappa shape index (κ2) is 5.45. The maximum Gasteiger partial charge on any atom is 0.244 e. The van der Waals surface area contributed by atoms with E-state index in [1.807, 2.05) is 4.57 Å². The van der Waals surface area contributed by atoms with Gasteiger partial charge in [0.05, 0.1) is 17.7 Å². The molecule has 1 amide bonds. The van der Waals surface area contributed by atoms with Crippen LogP contribution in [0.3, 0.4) is 0 Å². The molecule has 3 rings (SSSR count). The average molecular weight is 273 g/mol. The third-order valence-electron chi connectivity index (χ3n) is 3.57. The number of para-hydroxylation sites is 1. The lowest BCUT2D eigenvalue weighted by atomic mass is 10.0. The van der Waals surface area contributed by atoms with Crippen molar-refractivity contribution in [3.63, 3.8) is 0 Å². The van der Waals surface area contributed by atoms with E-state index < -0.39 is 5.82 Å². The van der Waals surface area contributed by atoms with Crippen LogP contribution in [0.25, 0.3) is 0 Å². The zero-order chi connectivity index (χ0) is 13.9. The fourth-order valence-electron chi connectivity index (χ4n) is 2.57. The van der Waals surface area contributed by atoms with Crippen molar-refractivity contribution in [1.82, 2.24) is 9.55 Å². The molecule has 0 saturated heterocycles. The summed E-state index contributed by atoms with van der Waals surface area (Å²) >= 11 is 0. The summed E-state index contributed by atoms with van der Waals surface area (Å²) in [6, 6.07) is 6.17. The molecule has 0 bridgehead atoms. The smallest absolute Gasteiger partial charge is 0.244 e. The van der Waals surface area contributed by atoms with Crippen molar-refractivity contribution in [2.45, 2.75) is 32.2 Å². The van der Waals surface area contributed by atoms with Gasteiger partial charge in [-0.15, -0.1) is 0 Å². The molecule has 0 radical (unpaired) electrons. The highest BCUT2D eigenvalue weighted by atomic mass is 19.1. The Morgan fingerprint density at radius 1 is 1.30 bits per heavy atom. The number of carbonyl (C=O) groups is 1. The Labute approximate surface area is 116 Å². The first-order valence-electron chi connectivity index (χ1n) is 6.81. The normalized spacial score (nSPS) is 13.8. The quantitative estimate of drug-likeness (QED) is 0.934. The highest BCUT2D eigenvalue weighted by molar-refractivity contribution is 5.90. The predicted octanol–water partition coefficient (Wildman–Crippen LogP) is 2.54. The number of aryl methyl sites for hydroxylation is 1. The Kier molecular flexibility index (Phi) is 3.50. The van der Waals surface area contributed by atoms with Gasteiger partial charge in [-0.1, -0.05) is 12.1 Å². The zero-order valence-corrected chi connectivity index (χ0v) is 11.1. The van der Waals surface area contributed by atoms with Gasteiger partial charge < -0.3 is 9.88 Å². The Morgan fingerprint density at radius 3 is 2.95 bits per heavy atom. The minimum absolute atomic E-state index is 0.177. The van der Waals surface area contributed by atoms with E-state index in [0.29, 0.717) is 0 Å². The Balaban J connectivity index is 1.70. The number of benzene rings is 1. The number of hydrogen-bond acceptors (Lipinski definition) is 2. The van der Waals surface area contributed by atoms with E-state index >= 15 is 0 Å². The van der Waals surface area contributed by atoms with Crippen LogP contribution >= 0.6 is 0 Å². The summed E-state index contributed by atoms with van der Waals surface area (Å²) in [5.74, 6) is -0.658. The summed E-state index contributed by atoms with van der Waals surface area (Å²) in [6.45, 7) is 0.177. The lowest BCUT2D eigenvalue weighted by molar-refractivity contribution is -0.116. The molecule has 1 aromatic carbocycles. The SMILES string of the molecule is O=C(Cn1cnc2c1CCCC2)Nc1ccccc1F. The number of aromatic nitrogens is 2. The van der Waals surface area contributed by atoms with Crippen LogP contribution in [0.2, 0.25) is 0 Å². The number of imidazole rings is 1. The first kappa shape index (κ1) is 12.8. The summed E-state index contributed by atoms with van der Waals surface area (Å²) in [5, 5.41) is 2.59. The van der Waals surface area contributed by atoms with Crippen molar-refractivity contribution in [2.24, 2.45) is 0 Å². The third-order valence-corrected chi connectivity index (χ3v) is 3.57. The van der Waals surface area contributed by atoms with Gasteiger partial charge in [0.2, 0.25) is 5.91 Å². The largest absolute Gasteiger partial charge is 0.325 e. The summed E-state index contributed by atoms with van der Waals surface area (Å²) in [5.41, 5.74) is 2.45. The Bertz CT molecular complexity index is 636. The second-order valence-corrected chi connectivity index (χ2v) is 5.00. The summed E-state index contributed by atoms with van der Waals surface area (Å²) in [7, 11) is 0. The number of fused-ring (bicyclic) bond motifs is 1. The van der Waals surface area contributed by atoms with Crippen molar-refractivity contribution in [2.75, 3.05) is 5.32 Å². The molecule has 20 heavy (non-hydrogen) atoms. The number of hydrogen-bond donors (Lipinski definition) is 1. The summed E-state index contributed by atoms with van der Waals surface area (Å²) < 4.78 is 15.3. The van der Waals surface area contributed by atoms with Gasteiger partial charge in [0, 0.05) is 5.69 Å². The van der Waals surface area contributed by atoms with Crippen molar-refractivity contribution in [1.29, 1.82) is 0 Å². The predicted molar refractivity (Wildman–Crippen MR) is 73.9 cm³/mol. The molecule has 2 aromatic rings. The molecule has 1 heterocycles. The van der Waals surface area contributed by atoms with Gasteiger partial charge in [-0.3, -0.25) is 4.79 Å². The summed E-state index contributed by atoms with van der Waals surface area (Å²) in [4.78, 5) is 16.3. The fourth-order valence-corrected chi connectivity index (χ4v) is 2.57. The molecule has 1 N–H and O–H groups in total. The Hall–Kier alpha value is -2.17. The molecule has 4 nitrogen and oxygen atoms in total. The number of nitrogens with one attached hydrogen (secondary N) is 1. The number of amides is 1. The van der Waals surface area contributed by atoms with E-state index in [1.54, 1.807) is 24.5 Å². The number of halogens is 1. The third kappa shape index (κ3) is 2.57. The van der Waals surface area contributed by atoms with Crippen molar-refractivity contribution in [3.05, 3.63) is 47.8 Å². The van der Waals surface area contributed by atoms with E-state index in [4.69, 9.17) is 0 Å². The van der Waals surface area contributed by atoms with Crippen LogP contribution in [0.4, 0.5) is 10.1 Å². The first-order valence-corrected chi connectivity index (χ1v) is 6.81. The molecule has 1 aliphatic rings. The van der Waals surface area contributed by atoms with Crippen molar-refractivity contribution in [3.8, 4) is 0 Å². The molecule has 0 fully saturated rings. The molecule has 1 aromatic heterocycles. The van der Waals surface area contributed by atoms with Crippen LogP contribution in [-0.2, 0) is 24.2 Å². The Morgan fingerprint density at radius 2 is 2.10 bits per heavy atom. The van der Waals surface area contributed by atoms with Crippen LogP contribution in [0.1, 0.15) is 24.2 Å². The second-order valence-electron chi connectivity index (χ2n) is 5.00. The maximum atomic E-state index is 13.5. The maximum absolute atomic E-state index is 13.5. The molecular weight excluding hydrogens is 257 g/mol. The van der Waals surface area contributed by atoms with E-state index in [1.165, 1.54) is 6.07 Å². The molecule has 0 spiro atoms. The molecule has 0 atom stereocenters. The number of rotatable bonds is 3. The van der Waals surface area contributed by atoms with E-state index in [-0.39, 0.29) is 18.1 Å². The molecule has 1 aliphatic carbocycles. The van der Waals surface area contributed by atoms with E-state index in [9.17, 15) is 9.18 Å².